The summed E-state index contributed by atoms with van der Waals surface area (Å²) in [7, 11) is 0. The van der Waals surface area contributed by atoms with Gasteiger partial charge < -0.3 is 4.90 Å². The third-order valence-electron chi connectivity index (χ3n) is 6.53. The van der Waals surface area contributed by atoms with E-state index >= 15 is 0 Å². The smallest absolute Gasteiger partial charge is 0.290 e. The van der Waals surface area contributed by atoms with Crippen molar-refractivity contribution >= 4 is 45.6 Å². The molecule has 2 fully saturated rings. The van der Waals surface area contributed by atoms with E-state index < -0.39 is 5.91 Å². The minimum atomic E-state index is -0.393. The van der Waals surface area contributed by atoms with Gasteiger partial charge in [-0.3, -0.25) is 19.8 Å². The van der Waals surface area contributed by atoms with Crippen molar-refractivity contribution in [3.63, 3.8) is 0 Å². The van der Waals surface area contributed by atoms with E-state index in [9.17, 15) is 14.9 Å². The summed E-state index contributed by atoms with van der Waals surface area (Å²) in [6.07, 6.45) is 5.62. The Morgan fingerprint density at radius 1 is 1.11 bits per heavy atom. The molecular formula is C27H26N6O2S. The van der Waals surface area contributed by atoms with Gasteiger partial charge in [0.05, 0.1) is 27.4 Å². The quantitative estimate of drug-likeness (QED) is 0.499. The van der Waals surface area contributed by atoms with Gasteiger partial charge in [0, 0.05) is 37.1 Å². The van der Waals surface area contributed by atoms with Crippen molar-refractivity contribution in [1.29, 1.82) is 5.26 Å². The highest BCUT2D eigenvalue weighted by Crippen LogP contribution is 2.32. The number of nitrogens with one attached hydrogen (secondary N) is 1. The lowest BCUT2D eigenvalue weighted by Gasteiger charge is -2.36. The monoisotopic (exact) mass is 498 g/mol. The molecule has 1 aromatic heterocycles. The number of fused-ring (bicyclic) bond motifs is 1. The average Bonchev–Trinajstić information content (AvgIpc) is 3.23. The van der Waals surface area contributed by atoms with Crippen molar-refractivity contribution in [2.75, 3.05) is 37.6 Å². The predicted molar refractivity (Wildman–Crippen MR) is 142 cm³/mol. The van der Waals surface area contributed by atoms with Crippen LogP contribution in [0.15, 0.2) is 47.6 Å². The zero-order valence-corrected chi connectivity index (χ0v) is 20.8. The van der Waals surface area contributed by atoms with Gasteiger partial charge in [-0.25, -0.2) is 9.97 Å². The van der Waals surface area contributed by atoms with Gasteiger partial charge in [-0.1, -0.05) is 25.5 Å². The van der Waals surface area contributed by atoms with Gasteiger partial charge in [0.1, 0.15) is 12.4 Å². The lowest BCUT2D eigenvalue weighted by molar-refractivity contribution is -0.115. The molecule has 9 heteroatoms. The lowest BCUT2D eigenvalue weighted by Crippen LogP contribution is -2.46. The first kappa shape index (κ1) is 24.0. The van der Waals surface area contributed by atoms with Crippen molar-refractivity contribution < 1.29 is 9.59 Å². The number of piperazine rings is 1. The Bertz CT molecular complexity index is 1410. The number of anilines is 1. The number of aromatic nitrogens is 2. The molecule has 0 spiro atoms. The first-order valence-corrected chi connectivity index (χ1v) is 12.9. The number of nitrogens with zero attached hydrogens (tertiary/aromatic N) is 5. The second-order valence-corrected chi connectivity index (χ2v) is 9.89. The van der Waals surface area contributed by atoms with Crippen LogP contribution in [-0.2, 0) is 4.79 Å². The summed E-state index contributed by atoms with van der Waals surface area (Å²) in [5.74, 6) is -0.393. The van der Waals surface area contributed by atoms with Gasteiger partial charge in [0.2, 0.25) is 0 Å². The van der Waals surface area contributed by atoms with Crippen LogP contribution in [0.1, 0.15) is 30.9 Å². The van der Waals surface area contributed by atoms with E-state index in [-0.39, 0.29) is 5.24 Å². The molecule has 0 unspecified atom stereocenters. The standard InChI is InChI=1S/C27H26N6O2S/c1-2-3-8-32-9-11-33(12-10-32)23-7-5-19(15-20(23)16-28)25-21-13-18(4-6-22(21)29-17-30-25)14-24-26(34)31-27(35)36-24/h4-7,13-15,17H,2-3,8-12H2,1H3,(H,31,34,35). The van der Waals surface area contributed by atoms with Crippen LogP contribution < -0.4 is 10.2 Å². The molecule has 0 aliphatic carbocycles. The Labute approximate surface area is 214 Å². The second kappa shape index (κ2) is 10.5. The number of carbonyl (C=O) groups is 2. The summed E-state index contributed by atoms with van der Waals surface area (Å²) in [6, 6.07) is 13.9. The molecule has 2 aliphatic rings. The molecule has 0 saturated carbocycles. The molecule has 3 heterocycles. The first-order valence-electron chi connectivity index (χ1n) is 12.1. The molecule has 36 heavy (non-hydrogen) atoms. The largest absolute Gasteiger partial charge is 0.368 e. The predicted octanol–water partition coefficient (Wildman–Crippen LogP) is 4.41. The van der Waals surface area contributed by atoms with Crippen molar-refractivity contribution in [3.8, 4) is 17.3 Å². The molecule has 3 aromatic rings. The van der Waals surface area contributed by atoms with Crippen molar-refractivity contribution in [2.24, 2.45) is 0 Å². The fourth-order valence-corrected chi connectivity index (χ4v) is 5.29. The highest BCUT2D eigenvalue weighted by molar-refractivity contribution is 8.18. The fraction of sp³-hybridized carbons (Fsp3) is 0.296. The molecule has 0 radical (unpaired) electrons. The summed E-state index contributed by atoms with van der Waals surface area (Å²) in [5, 5.41) is 12.7. The number of hydrogen-bond acceptors (Lipinski definition) is 8. The van der Waals surface area contributed by atoms with E-state index in [1.54, 1.807) is 6.08 Å². The Morgan fingerprint density at radius 2 is 1.94 bits per heavy atom. The Balaban J connectivity index is 1.45. The number of thioether (sulfide) groups is 1. The zero-order chi connectivity index (χ0) is 25.1. The highest BCUT2D eigenvalue weighted by atomic mass is 32.2. The molecule has 2 aromatic carbocycles. The average molecular weight is 499 g/mol. The zero-order valence-electron chi connectivity index (χ0n) is 20.0. The number of nitriles is 1. The van der Waals surface area contributed by atoms with Crippen LogP contribution >= 0.6 is 11.8 Å². The second-order valence-electron chi connectivity index (χ2n) is 8.88. The van der Waals surface area contributed by atoms with E-state index in [0.717, 1.165) is 72.2 Å². The minimum absolute atomic E-state index is 0.351. The van der Waals surface area contributed by atoms with E-state index in [0.29, 0.717) is 16.2 Å². The SMILES string of the molecule is CCCCN1CCN(c2ccc(-c3ncnc4ccc(C=C5SC(=O)NC5=O)cc34)cc2C#N)CC1. The molecule has 1 N–H and O–H groups in total. The number of imide groups is 1. The van der Waals surface area contributed by atoms with E-state index in [1.807, 2.05) is 36.4 Å². The van der Waals surface area contributed by atoms with Crippen LogP contribution in [0.3, 0.4) is 0 Å². The van der Waals surface area contributed by atoms with E-state index in [1.165, 1.54) is 19.2 Å². The number of unbranched alkanes of at least 4 members (excludes halogenated alkanes) is 1. The first-order chi connectivity index (χ1) is 17.6. The molecule has 0 atom stereocenters. The fourth-order valence-electron chi connectivity index (χ4n) is 4.61. The lowest BCUT2D eigenvalue weighted by atomic mass is 10.0. The van der Waals surface area contributed by atoms with Gasteiger partial charge in [0.15, 0.2) is 0 Å². The summed E-state index contributed by atoms with van der Waals surface area (Å²) < 4.78 is 0. The van der Waals surface area contributed by atoms with Gasteiger partial charge >= 0.3 is 0 Å². The van der Waals surface area contributed by atoms with E-state index in [2.05, 4.69) is 38.1 Å². The molecular weight excluding hydrogens is 472 g/mol. The molecule has 0 bridgehead atoms. The minimum Gasteiger partial charge on any atom is -0.368 e. The summed E-state index contributed by atoms with van der Waals surface area (Å²) >= 11 is 0.885. The maximum absolute atomic E-state index is 12.0. The van der Waals surface area contributed by atoms with Crippen molar-refractivity contribution in [2.45, 2.75) is 19.8 Å². The van der Waals surface area contributed by atoms with Gasteiger partial charge in [-0.2, -0.15) is 5.26 Å². The Morgan fingerprint density at radius 3 is 2.67 bits per heavy atom. The van der Waals surface area contributed by atoms with Crippen LogP contribution in [0.2, 0.25) is 0 Å². The molecule has 2 aliphatic heterocycles. The molecule has 8 nitrogen and oxygen atoms in total. The molecule has 182 valence electrons. The van der Waals surface area contributed by atoms with Crippen LogP contribution in [0.25, 0.3) is 28.2 Å². The molecule has 5 rings (SSSR count). The van der Waals surface area contributed by atoms with Crippen molar-refractivity contribution in [3.05, 3.63) is 58.8 Å². The topological polar surface area (TPSA) is 102 Å². The van der Waals surface area contributed by atoms with Gasteiger partial charge in [-0.05, 0) is 60.6 Å². The summed E-state index contributed by atoms with van der Waals surface area (Å²) in [4.78, 5) is 37.5. The summed E-state index contributed by atoms with van der Waals surface area (Å²) in [5.41, 5.74) is 4.65. The number of carbonyl (C=O) groups excluding carboxylic acids is 2. The molecule has 2 amide bonds. The van der Waals surface area contributed by atoms with Crippen LogP contribution in [0.4, 0.5) is 10.5 Å². The maximum Gasteiger partial charge on any atom is 0.290 e. The van der Waals surface area contributed by atoms with E-state index in [4.69, 9.17) is 0 Å². The highest BCUT2D eigenvalue weighted by Gasteiger charge is 2.25. The van der Waals surface area contributed by atoms with Gasteiger partial charge in [-0.15, -0.1) is 0 Å². The van der Waals surface area contributed by atoms with Gasteiger partial charge in [0.25, 0.3) is 11.1 Å². The normalized spacial score (nSPS) is 17.6. The number of amides is 2. The van der Waals surface area contributed by atoms with Crippen LogP contribution in [0, 0.1) is 11.3 Å². The maximum atomic E-state index is 12.0. The molecule has 2 saturated heterocycles. The third kappa shape index (κ3) is 4.96. The summed E-state index contributed by atoms with van der Waals surface area (Å²) in [6.45, 7) is 7.16. The number of benzene rings is 2. The van der Waals surface area contributed by atoms with Crippen molar-refractivity contribution in [1.82, 2.24) is 20.2 Å². The van der Waals surface area contributed by atoms with Crippen LogP contribution in [-0.4, -0.2) is 58.7 Å². The Hall–Kier alpha value is -3.74. The van der Waals surface area contributed by atoms with Crippen LogP contribution in [0.5, 0.6) is 0 Å². The Kier molecular flexibility index (Phi) is 6.98. The third-order valence-corrected chi connectivity index (χ3v) is 7.34. The number of rotatable bonds is 6. The number of hydrogen-bond donors (Lipinski definition) is 1.